The van der Waals surface area contributed by atoms with E-state index in [0.29, 0.717) is 11.5 Å². The lowest BCUT2D eigenvalue weighted by molar-refractivity contribution is -0.140. The van der Waals surface area contributed by atoms with E-state index < -0.39 is 17.3 Å². The van der Waals surface area contributed by atoms with Crippen LogP contribution in [0.2, 0.25) is 0 Å². The van der Waals surface area contributed by atoms with Gasteiger partial charge in [0.05, 0.1) is 21.3 Å². The van der Waals surface area contributed by atoms with Crippen LogP contribution < -0.4 is 14.8 Å². The highest BCUT2D eigenvalue weighted by atomic mass is 35.5. The molecule has 1 rings (SSSR count). The summed E-state index contributed by atoms with van der Waals surface area (Å²) in [5.74, 6) is -0.329. The first-order valence-electron chi connectivity index (χ1n) is 5.76. The molecule has 0 aliphatic heterocycles. The highest BCUT2D eigenvalue weighted by Gasteiger charge is 2.21. The van der Waals surface area contributed by atoms with Gasteiger partial charge in [0.1, 0.15) is 22.4 Å². The molecule has 0 spiro atoms. The van der Waals surface area contributed by atoms with E-state index in [1.807, 2.05) is 0 Å². The van der Waals surface area contributed by atoms with Gasteiger partial charge in [-0.3, -0.25) is 9.59 Å². The number of rotatable bonds is 6. The van der Waals surface area contributed by atoms with E-state index in [-0.39, 0.29) is 12.1 Å². The molecule has 20 heavy (non-hydrogen) atoms. The van der Waals surface area contributed by atoms with Crippen molar-refractivity contribution in [3.8, 4) is 11.5 Å². The second-order valence-electron chi connectivity index (χ2n) is 3.74. The van der Waals surface area contributed by atoms with Gasteiger partial charge in [0.25, 0.3) is 5.91 Å². The average Bonchev–Trinajstić information content (AvgIpc) is 2.50. The fourth-order valence-corrected chi connectivity index (χ4v) is 1.72. The normalized spacial score (nSPS) is 11.4. The van der Waals surface area contributed by atoms with Crippen molar-refractivity contribution < 1.29 is 23.8 Å². The lowest BCUT2D eigenvalue weighted by Gasteiger charge is -2.14. The van der Waals surface area contributed by atoms with Crippen LogP contribution in [0.3, 0.4) is 0 Å². The number of hydrogen-bond donors (Lipinski definition) is 1. The Kier molecular flexibility index (Phi) is 6.11. The van der Waals surface area contributed by atoms with Crippen molar-refractivity contribution in [1.82, 2.24) is 5.32 Å². The molecule has 0 fully saturated rings. The molecule has 1 N–H and O–H groups in total. The van der Waals surface area contributed by atoms with Crippen molar-refractivity contribution in [2.45, 2.75) is 5.38 Å². The van der Waals surface area contributed by atoms with E-state index in [1.165, 1.54) is 21.3 Å². The molecule has 1 unspecified atom stereocenters. The predicted octanol–water partition coefficient (Wildman–Crippen LogP) is 1.21. The first kappa shape index (κ1) is 16.1. The molecule has 6 nitrogen and oxygen atoms in total. The number of hydrogen-bond acceptors (Lipinski definition) is 5. The standard InChI is InChI=1S/C13H16ClNO5/c1-18-9-5-4-6-10(19-2)11(9)12(16)15-7-8(14)13(17)20-3/h4-6,8H,7H2,1-3H3,(H,15,16). The summed E-state index contributed by atoms with van der Waals surface area (Å²) < 4.78 is 14.7. The van der Waals surface area contributed by atoms with Crippen LogP contribution in [-0.2, 0) is 9.53 Å². The number of halogens is 1. The third-order valence-electron chi connectivity index (χ3n) is 2.55. The van der Waals surface area contributed by atoms with Gasteiger partial charge in [-0.05, 0) is 12.1 Å². The molecule has 0 saturated heterocycles. The molecule has 1 aromatic carbocycles. The molecule has 0 aromatic heterocycles. The summed E-state index contributed by atoms with van der Waals surface area (Å²) in [4.78, 5) is 23.3. The van der Waals surface area contributed by atoms with E-state index in [4.69, 9.17) is 21.1 Å². The number of benzene rings is 1. The molecule has 1 aromatic rings. The van der Waals surface area contributed by atoms with Crippen molar-refractivity contribution >= 4 is 23.5 Å². The van der Waals surface area contributed by atoms with E-state index in [0.717, 1.165) is 0 Å². The first-order valence-corrected chi connectivity index (χ1v) is 6.19. The highest BCUT2D eigenvalue weighted by Crippen LogP contribution is 2.27. The number of esters is 1. The summed E-state index contributed by atoms with van der Waals surface area (Å²) >= 11 is 5.76. The average molecular weight is 302 g/mol. The van der Waals surface area contributed by atoms with Crippen LogP contribution in [0.5, 0.6) is 11.5 Å². The van der Waals surface area contributed by atoms with E-state index >= 15 is 0 Å². The second-order valence-corrected chi connectivity index (χ2v) is 4.27. The van der Waals surface area contributed by atoms with Crippen LogP contribution >= 0.6 is 11.6 Å². The van der Waals surface area contributed by atoms with Crippen LogP contribution in [-0.4, -0.2) is 45.1 Å². The van der Waals surface area contributed by atoms with Crippen molar-refractivity contribution in [2.24, 2.45) is 0 Å². The van der Waals surface area contributed by atoms with Gasteiger partial charge in [0.15, 0.2) is 0 Å². The Bertz CT molecular complexity index is 469. The molecule has 110 valence electrons. The van der Waals surface area contributed by atoms with Crippen LogP contribution in [0.15, 0.2) is 18.2 Å². The van der Waals surface area contributed by atoms with Gasteiger partial charge < -0.3 is 19.5 Å². The number of methoxy groups -OCH3 is 3. The summed E-state index contributed by atoms with van der Waals surface area (Å²) in [7, 11) is 4.12. The monoisotopic (exact) mass is 301 g/mol. The predicted molar refractivity (Wildman–Crippen MR) is 73.5 cm³/mol. The Balaban J connectivity index is 2.84. The summed E-state index contributed by atoms with van der Waals surface area (Å²) in [6.07, 6.45) is 0. The number of alkyl halides is 1. The molecule has 7 heteroatoms. The minimum Gasteiger partial charge on any atom is -0.496 e. The summed E-state index contributed by atoms with van der Waals surface area (Å²) in [6.45, 7) is -0.0612. The molecule has 0 aliphatic rings. The Labute approximate surface area is 122 Å². The molecule has 0 aliphatic carbocycles. The lowest BCUT2D eigenvalue weighted by atomic mass is 10.1. The van der Waals surface area contributed by atoms with Gasteiger partial charge in [0.2, 0.25) is 0 Å². The zero-order chi connectivity index (χ0) is 15.1. The van der Waals surface area contributed by atoms with Crippen molar-refractivity contribution in [1.29, 1.82) is 0 Å². The molecule has 0 heterocycles. The Morgan fingerprint density at radius 1 is 1.20 bits per heavy atom. The van der Waals surface area contributed by atoms with Gasteiger partial charge in [-0.25, -0.2) is 0 Å². The number of nitrogens with one attached hydrogen (secondary N) is 1. The van der Waals surface area contributed by atoms with Crippen LogP contribution in [0, 0.1) is 0 Å². The first-order chi connectivity index (χ1) is 9.54. The smallest absolute Gasteiger partial charge is 0.325 e. The molecule has 0 saturated carbocycles. The number of carbonyl (C=O) groups excluding carboxylic acids is 2. The van der Waals surface area contributed by atoms with Crippen LogP contribution in [0.25, 0.3) is 0 Å². The van der Waals surface area contributed by atoms with Crippen LogP contribution in [0.4, 0.5) is 0 Å². The van der Waals surface area contributed by atoms with Gasteiger partial charge in [-0.15, -0.1) is 11.6 Å². The minimum absolute atomic E-state index is 0.0612. The highest BCUT2D eigenvalue weighted by molar-refractivity contribution is 6.30. The summed E-state index contributed by atoms with van der Waals surface area (Å²) in [5.41, 5.74) is 0.242. The van der Waals surface area contributed by atoms with E-state index in [2.05, 4.69) is 10.1 Å². The molecule has 1 atom stereocenters. The summed E-state index contributed by atoms with van der Waals surface area (Å²) in [5, 5.41) is 1.58. The Morgan fingerprint density at radius 3 is 2.20 bits per heavy atom. The second kappa shape index (κ2) is 7.59. The zero-order valence-corrected chi connectivity index (χ0v) is 12.2. The number of carbonyl (C=O) groups is 2. The maximum Gasteiger partial charge on any atom is 0.325 e. The van der Waals surface area contributed by atoms with Gasteiger partial charge in [0, 0.05) is 6.54 Å². The molecule has 0 radical (unpaired) electrons. The third kappa shape index (κ3) is 3.77. The lowest BCUT2D eigenvalue weighted by Crippen LogP contribution is -2.34. The maximum atomic E-state index is 12.1. The SMILES string of the molecule is COC(=O)C(Cl)CNC(=O)c1c(OC)cccc1OC. The maximum absolute atomic E-state index is 12.1. The minimum atomic E-state index is -0.954. The van der Waals surface area contributed by atoms with Gasteiger partial charge >= 0.3 is 5.97 Å². The van der Waals surface area contributed by atoms with Crippen molar-refractivity contribution in [2.75, 3.05) is 27.9 Å². The van der Waals surface area contributed by atoms with Gasteiger partial charge in [-0.1, -0.05) is 6.07 Å². The molecule has 1 amide bonds. The fourth-order valence-electron chi connectivity index (χ4n) is 1.56. The fraction of sp³-hybridized carbons (Fsp3) is 0.385. The van der Waals surface area contributed by atoms with Crippen molar-refractivity contribution in [3.63, 3.8) is 0 Å². The van der Waals surface area contributed by atoms with Crippen molar-refractivity contribution in [3.05, 3.63) is 23.8 Å². The summed E-state index contributed by atoms with van der Waals surface area (Å²) in [6, 6.07) is 4.97. The molecular weight excluding hydrogens is 286 g/mol. The van der Waals surface area contributed by atoms with E-state index in [9.17, 15) is 9.59 Å². The van der Waals surface area contributed by atoms with E-state index in [1.54, 1.807) is 18.2 Å². The Hall–Kier alpha value is -1.95. The van der Waals surface area contributed by atoms with Gasteiger partial charge in [-0.2, -0.15) is 0 Å². The molecular formula is C13H16ClNO5. The molecule has 0 bridgehead atoms. The topological polar surface area (TPSA) is 73.9 Å². The largest absolute Gasteiger partial charge is 0.496 e. The third-order valence-corrected chi connectivity index (χ3v) is 2.89. The quantitative estimate of drug-likeness (QED) is 0.631. The Morgan fingerprint density at radius 2 is 1.75 bits per heavy atom. The zero-order valence-electron chi connectivity index (χ0n) is 11.4. The number of amides is 1. The number of ether oxygens (including phenoxy) is 3. The van der Waals surface area contributed by atoms with Crippen LogP contribution in [0.1, 0.15) is 10.4 Å².